The molecule has 0 fully saturated rings. The average molecular weight is 330 g/mol. The zero-order valence-electron chi connectivity index (χ0n) is 14.1. The van der Waals surface area contributed by atoms with Gasteiger partial charge in [0.25, 0.3) is 5.91 Å². The van der Waals surface area contributed by atoms with Gasteiger partial charge in [0.1, 0.15) is 5.71 Å². The first-order chi connectivity index (χ1) is 12.0. The van der Waals surface area contributed by atoms with Gasteiger partial charge in [-0.25, -0.2) is 4.99 Å². The van der Waals surface area contributed by atoms with Gasteiger partial charge < -0.3 is 11.1 Å². The third kappa shape index (κ3) is 3.29. The predicted molar refractivity (Wildman–Crippen MR) is 98.3 cm³/mol. The number of carbonyl (C=O) groups is 1. The normalized spacial score (nSPS) is 16.7. The van der Waals surface area contributed by atoms with Gasteiger partial charge in [-0.2, -0.15) is 5.26 Å². The maximum atomic E-state index is 11.7. The highest BCUT2D eigenvalue weighted by Crippen LogP contribution is 2.30. The van der Waals surface area contributed by atoms with Crippen molar-refractivity contribution >= 4 is 23.0 Å². The summed E-state index contributed by atoms with van der Waals surface area (Å²) in [6.07, 6.45) is 0. The maximum absolute atomic E-state index is 11.7. The molecule has 5 heteroatoms. The molecule has 1 unspecified atom stereocenters. The van der Waals surface area contributed by atoms with Gasteiger partial charge in [-0.3, -0.25) is 4.79 Å². The van der Waals surface area contributed by atoms with E-state index in [1.165, 1.54) is 0 Å². The van der Waals surface area contributed by atoms with Crippen LogP contribution in [-0.2, 0) is 4.79 Å². The van der Waals surface area contributed by atoms with E-state index in [0.29, 0.717) is 11.4 Å². The fraction of sp³-hybridized carbons (Fsp3) is 0.150. The Balaban J connectivity index is 2.22. The van der Waals surface area contributed by atoms with E-state index in [-0.39, 0.29) is 5.71 Å². The Hall–Kier alpha value is -3.39. The van der Waals surface area contributed by atoms with E-state index in [1.807, 2.05) is 62.4 Å². The Kier molecular flexibility index (Phi) is 4.36. The molecule has 2 aromatic carbocycles. The van der Waals surface area contributed by atoms with Gasteiger partial charge in [-0.15, -0.1) is 0 Å². The first kappa shape index (κ1) is 16.5. The summed E-state index contributed by atoms with van der Waals surface area (Å²) in [6, 6.07) is 16.9. The maximum Gasteiger partial charge on any atom is 0.266 e. The van der Waals surface area contributed by atoms with Crippen molar-refractivity contribution in [2.24, 2.45) is 10.7 Å². The summed E-state index contributed by atoms with van der Waals surface area (Å²) >= 11 is 0. The molecule has 1 amide bonds. The van der Waals surface area contributed by atoms with Gasteiger partial charge in [0, 0.05) is 5.56 Å². The minimum atomic E-state index is -0.872. The number of rotatable bonds is 3. The van der Waals surface area contributed by atoms with Gasteiger partial charge >= 0.3 is 0 Å². The van der Waals surface area contributed by atoms with Crippen LogP contribution in [0.3, 0.4) is 0 Å². The van der Waals surface area contributed by atoms with Gasteiger partial charge in [0.15, 0.2) is 6.04 Å². The largest absolute Gasteiger partial charge is 0.364 e. The lowest BCUT2D eigenvalue weighted by molar-refractivity contribution is -0.112. The van der Waals surface area contributed by atoms with E-state index in [0.717, 1.165) is 22.3 Å². The summed E-state index contributed by atoms with van der Waals surface area (Å²) in [5, 5.41) is 12.5. The fourth-order valence-electron chi connectivity index (χ4n) is 2.67. The molecule has 2 aromatic rings. The third-order valence-electron chi connectivity index (χ3n) is 4.08. The van der Waals surface area contributed by atoms with Crippen LogP contribution in [-0.4, -0.2) is 17.7 Å². The van der Waals surface area contributed by atoms with E-state index in [9.17, 15) is 10.1 Å². The molecule has 0 saturated heterocycles. The molecule has 0 aromatic heterocycles. The number of aryl methyl sites for hydroxylation is 2. The van der Waals surface area contributed by atoms with Crippen LogP contribution < -0.4 is 11.1 Å². The molecule has 0 spiro atoms. The number of nitrogens with one attached hydrogen (secondary N) is 1. The molecule has 0 aliphatic carbocycles. The first-order valence-corrected chi connectivity index (χ1v) is 7.92. The predicted octanol–water partition coefficient (Wildman–Crippen LogP) is 2.55. The minimum absolute atomic E-state index is 0.0222. The van der Waals surface area contributed by atoms with Crippen molar-refractivity contribution in [2.45, 2.75) is 19.9 Å². The summed E-state index contributed by atoms with van der Waals surface area (Å²) in [7, 11) is 0. The topological polar surface area (TPSA) is 91.3 Å². The second-order valence-corrected chi connectivity index (χ2v) is 6.02. The van der Waals surface area contributed by atoms with Gasteiger partial charge in [-0.05, 0) is 19.4 Å². The molecule has 3 N–H and O–H groups in total. The minimum Gasteiger partial charge on any atom is -0.364 e. The second-order valence-electron chi connectivity index (χ2n) is 6.02. The summed E-state index contributed by atoms with van der Waals surface area (Å²) < 4.78 is 0. The highest BCUT2D eigenvalue weighted by atomic mass is 16.1. The SMILES string of the molecule is Cc1ccc(C2=C(c3ccc(C)cc3)NC(C#N)C(C(N)=O)=N2)cc1. The molecule has 1 atom stereocenters. The molecule has 1 aliphatic rings. The molecular formula is C20H18N4O. The monoisotopic (exact) mass is 330 g/mol. The van der Waals surface area contributed by atoms with Crippen LogP contribution in [0.15, 0.2) is 53.5 Å². The number of nitriles is 1. The Morgan fingerprint density at radius 2 is 1.56 bits per heavy atom. The number of nitrogens with zero attached hydrogens (tertiary/aromatic N) is 2. The summed E-state index contributed by atoms with van der Waals surface area (Å²) in [6.45, 7) is 4.01. The van der Waals surface area contributed by atoms with Crippen molar-refractivity contribution in [2.75, 3.05) is 0 Å². The van der Waals surface area contributed by atoms with E-state index in [4.69, 9.17) is 5.73 Å². The highest BCUT2D eigenvalue weighted by Gasteiger charge is 2.28. The van der Waals surface area contributed by atoms with E-state index < -0.39 is 11.9 Å². The molecule has 0 radical (unpaired) electrons. The zero-order chi connectivity index (χ0) is 18.0. The molecular weight excluding hydrogens is 312 g/mol. The van der Waals surface area contributed by atoms with Crippen LogP contribution in [0, 0.1) is 25.2 Å². The number of amides is 1. The quantitative estimate of drug-likeness (QED) is 0.906. The zero-order valence-corrected chi connectivity index (χ0v) is 14.1. The van der Waals surface area contributed by atoms with Gasteiger partial charge in [0.2, 0.25) is 0 Å². The number of benzene rings is 2. The van der Waals surface area contributed by atoms with Crippen LogP contribution >= 0.6 is 0 Å². The Morgan fingerprint density at radius 3 is 2.04 bits per heavy atom. The summed E-state index contributed by atoms with van der Waals surface area (Å²) in [4.78, 5) is 16.2. The highest BCUT2D eigenvalue weighted by molar-refractivity contribution is 6.42. The van der Waals surface area contributed by atoms with E-state index in [2.05, 4.69) is 16.4 Å². The molecule has 0 bridgehead atoms. The number of hydrogen-bond acceptors (Lipinski definition) is 4. The smallest absolute Gasteiger partial charge is 0.266 e. The molecule has 1 aliphatic heterocycles. The number of nitrogens with two attached hydrogens (primary N) is 1. The fourth-order valence-corrected chi connectivity index (χ4v) is 2.67. The summed E-state index contributed by atoms with van der Waals surface area (Å²) in [5.74, 6) is -0.702. The van der Waals surface area contributed by atoms with Crippen molar-refractivity contribution in [3.63, 3.8) is 0 Å². The van der Waals surface area contributed by atoms with Crippen LogP contribution in [0.5, 0.6) is 0 Å². The van der Waals surface area contributed by atoms with Crippen molar-refractivity contribution in [1.82, 2.24) is 5.32 Å². The van der Waals surface area contributed by atoms with Crippen molar-refractivity contribution in [3.8, 4) is 6.07 Å². The summed E-state index contributed by atoms with van der Waals surface area (Å²) in [5.41, 5.74) is 10.8. The Bertz CT molecular complexity index is 916. The molecule has 124 valence electrons. The van der Waals surface area contributed by atoms with E-state index in [1.54, 1.807) is 0 Å². The van der Waals surface area contributed by atoms with Crippen molar-refractivity contribution < 1.29 is 4.79 Å². The standard InChI is InChI=1S/C20H18N4O/c1-12-3-7-14(8-4-12)17-18(15-9-5-13(2)6-10-15)24-19(20(22)25)16(11-21)23-17/h3-10,16,23H,1-2H3,(H2,22,25). The molecule has 5 nitrogen and oxygen atoms in total. The van der Waals surface area contributed by atoms with Gasteiger partial charge in [0.05, 0.1) is 17.5 Å². The van der Waals surface area contributed by atoms with Gasteiger partial charge in [-0.1, -0.05) is 59.7 Å². The lowest BCUT2D eigenvalue weighted by Crippen LogP contribution is -2.44. The molecule has 1 heterocycles. The third-order valence-corrected chi connectivity index (χ3v) is 4.08. The molecule has 3 rings (SSSR count). The van der Waals surface area contributed by atoms with Crippen molar-refractivity contribution in [3.05, 3.63) is 70.8 Å². The van der Waals surface area contributed by atoms with Crippen LogP contribution in [0.2, 0.25) is 0 Å². The van der Waals surface area contributed by atoms with Crippen LogP contribution in [0.1, 0.15) is 22.3 Å². The molecule has 25 heavy (non-hydrogen) atoms. The lowest BCUT2D eigenvalue weighted by Gasteiger charge is -2.24. The Labute approximate surface area is 146 Å². The first-order valence-electron chi connectivity index (χ1n) is 7.92. The van der Waals surface area contributed by atoms with Crippen LogP contribution in [0.25, 0.3) is 11.4 Å². The van der Waals surface area contributed by atoms with Crippen molar-refractivity contribution in [1.29, 1.82) is 5.26 Å². The Morgan fingerprint density at radius 1 is 1.04 bits per heavy atom. The number of carbonyl (C=O) groups excluding carboxylic acids is 1. The van der Waals surface area contributed by atoms with Crippen LogP contribution in [0.4, 0.5) is 0 Å². The number of aliphatic imine (C=N–C) groups is 1. The number of primary amides is 1. The van der Waals surface area contributed by atoms with E-state index >= 15 is 0 Å². The average Bonchev–Trinajstić information content (AvgIpc) is 2.62. The number of hydrogen-bond donors (Lipinski definition) is 2. The second kappa shape index (κ2) is 6.62. The molecule has 0 saturated carbocycles. The lowest BCUT2D eigenvalue weighted by atomic mass is 9.99.